The van der Waals surface area contributed by atoms with Crippen molar-refractivity contribution in [3.63, 3.8) is 0 Å². The van der Waals surface area contributed by atoms with Crippen molar-refractivity contribution in [2.24, 2.45) is 17.4 Å². The molecular weight excluding hydrogens is 430 g/mol. The fourth-order valence-corrected chi connectivity index (χ4v) is 3.13. The first-order valence-electron chi connectivity index (χ1n) is 10.9. The molecule has 33 heavy (non-hydrogen) atoms. The quantitative estimate of drug-likeness (QED) is 0.174. The topological polar surface area (TPSA) is 197 Å². The highest BCUT2D eigenvalue weighted by atomic mass is 16.4. The van der Waals surface area contributed by atoms with Gasteiger partial charge in [-0.2, -0.15) is 0 Å². The van der Waals surface area contributed by atoms with E-state index in [2.05, 4.69) is 16.0 Å². The summed E-state index contributed by atoms with van der Waals surface area (Å²) in [7, 11) is 0. The largest absolute Gasteiger partial charge is 0.508 e. The Hall–Kier alpha value is -3.18. The van der Waals surface area contributed by atoms with Crippen LogP contribution in [0.4, 0.5) is 0 Å². The molecule has 1 rings (SSSR count). The average Bonchev–Trinajstić information content (AvgIpc) is 2.76. The summed E-state index contributed by atoms with van der Waals surface area (Å²) in [5.74, 6) is -3.33. The summed E-state index contributed by atoms with van der Waals surface area (Å²) in [6.45, 7) is 3.44. The van der Waals surface area contributed by atoms with E-state index in [9.17, 15) is 29.4 Å². The van der Waals surface area contributed by atoms with Gasteiger partial charge in [-0.3, -0.25) is 14.4 Å². The summed E-state index contributed by atoms with van der Waals surface area (Å²) in [6.07, 6.45) is 1.56. The Kier molecular flexibility index (Phi) is 11.9. The van der Waals surface area contributed by atoms with E-state index in [4.69, 9.17) is 11.5 Å². The Labute approximate surface area is 193 Å². The molecule has 1 aromatic carbocycles. The highest BCUT2D eigenvalue weighted by molar-refractivity contribution is 5.93. The van der Waals surface area contributed by atoms with Crippen LogP contribution >= 0.6 is 0 Å². The highest BCUT2D eigenvalue weighted by Crippen LogP contribution is 2.13. The Morgan fingerprint density at radius 3 is 2.03 bits per heavy atom. The molecule has 11 nitrogen and oxygen atoms in total. The van der Waals surface area contributed by atoms with Crippen molar-refractivity contribution >= 4 is 23.7 Å². The molecule has 1 aromatic rings. The van der Waals surface area contributed by atoms with Crippen LogP contribution in [0.25, 0.3) is 0 Å². The van der Waals surface area contributed by atoms with Crippen molar-refractivity contribution in [3.05, 3.63) is 29.8 Å². The number of carbonyl (C=O) groups is 4. The maximum absolute atomic E-state index is 13.0. The average molecular weight is 466 g/mol. The molecule has 0 radical (unpaired) electrons. The minimum atomic E-state index is -1.19. The molecule has 3 unspecified atom stereocenters. The fraction of sp³-hybridized carbons (Fsp3) is 0.545. The van der Waals surface area contributed by atoms with E-state index in [1.54, 1.807) is 26.0 Å². The van der Waals surface area contributed by atoms with Crippen molar-refractivity contribution in [3.8, 4) is 5.75 Å². The van der Waals surface area contributed by atoms with Crippen LogP contribution in [0.3, 0.4) is 0 Å². The minimum Gasteiger partial charge on any atom is -0.508 e. The minimum absolute atomic E-state index is 0.0407. The van der Waals surface area contributed by atoms with Crippen LogP contribution < -0.4 is 27.4 Å². The lowest BCUT2D eigenvalue weighted by atomic mass is 10.0. The Bertz CT molecular complexity index is 799. The smallest absolute Gasteiger partial charge is 0.326 e. The van der Waals surface area contributed by atoms with E-state index >= 15 is 0 Å². The number of phenols is 1. The highest BCUT2D eigenvalue weighted by Gasteiger charge is 2.30. The number of carboxylic acid groups (broad SMARTS) is 1. The molecule has 0 bridgehead atoms. The number of aromatic hydroxyl groups is 1. The standard InChI is InChI=1S/C22H35N5O6/c1-13(2)19(22(32)33)27-21(31)17(11-14-6-8-15(28)9-7-14)26-20(30)16(5-3-4-10-23)25-18(29)12-24/h6-9,13,16-17,19,28H,3-5,10-12,23-24H2,1-2H3,(H,25,29)(H,26,30)(H,27,31)(H,32,33). The van der Waals surface area contributed by atoms with Gasteiger partial charge in [-0.15, -0.1) is 0 Å². The second kappa shape index (κ2) is 14.1. The summed E-state index contributed by atoms with van der Waals surface area (Å²) in [6, 6.07) is 2.88. The molecule has 0 spiro atoms. The predicted octanol–water partition coefficient (Wildman–Crippen LogP) is -0.783. The van der Waals surface area contributed by atoms with E-state index in [-0.39, 0.29) is 24.6 Å². The molecule has 0 aromatic heterocycles. The number of phenolic OH excluding ortho intramolecular Hbond substituents is 1. The number of hydrogen-bond acceptors (Lipinski definition) is 7. The maximum atomic E-state index is 13.0. The van der Waals surface area contributed by atoms with E-state index in [1.807, 2.05) is 0 Å². The molecule has 9 N–H and O–H groups in total. The summed E-state index contributed by atoms with van der Waals surface area (Å²) >= 11 is 0. The number of unbranched alkanes of at least 4 members (excludes halogenated alkanes) is 1. The molecule has 0 aliphatic carbocycles. The molecule has 0 saturated heterocycles. The monoisotopic (exact) mass is 465 g/mol. The molecular formula is C22H35N5O6. The first-order chi connectivity index (χ1) is 15.6. The van der Waals surface area contributed by atoms with Crippen molar-refractivity contribution < 1.29 is 29.4 Å². The van der Waals surface area contributed by atoms with E-state index in [0.717, 1.165) is 0 Å². The van der Waals surface area contributed by atoms with Crippen LogP contribution in [0.15, 0.2) is 24.3 Å². The number of rotatable bonds is 14. The first-order valence-corrected chi connectivity index (χ1v) is 10.9. The maximum Gasteiger partial charge on any atom is 0.326 e. The van der Waals surface area contributed by atoms with Crippen LogP contribution in [0.5, 0.6) is 5.75 Å². The van der Waals surface area contributed by atoms with Crippen LogP contribution in [0.2, 0.25) is 0 Å². The van der Waals surface area contributed by atoms with Crippen molar-refractivity contribution in [2.45, 2.75) is 57.7 Å². The van der Waals surface area contributed by atoms with Gasteiger partial charge in [0.2, 0.25) is 17.7 Å². The molecule has 0 fully saturated rings. The van der Waals surface area contributed by atoms with Gasteiger partial charge in [0.25, 0.3) is 0 Å². The van der Waals surface area contributed by atoms with Crippen LogP contribution in [-0.4, -0.2) is 65.1 Å². The number of amides is 3. The number of benzene rings is 1. The third kappa shape index (κ3) is 9.87. The van der Waals surface area contributed by atoms with Gasteiger partial charge in [-0.1, -0.05) is 26.0 Å². The van der Waals surface area contributed by atoms with Crippen molar-refractivity contribution in [1.82, 2.24) is 16.0 Å². The molecule has 0 aliphatic heterocycles. The zero-order valence-corrected chi connectivity index (χ0v) is 19.0. The molecule has 0 heterocycles. The zero-order valence-electron chi connectivity index (χ0n) is 19.0. The lowest BCUT2D eigenvalue weighted by molar-refractivity contribution is -0.143. The second-order valence-corrected chi connectivity index (χ2v) is 8.11. The molecule has 11 heteroatoms. The molecule has 0 saturated carbocycles. The Balaban J connectivity index is 3.09. The molecule has 3 atom stereocenters. The lowest BCUT2D eigenvalue weighted by Crippen LogP contribution is -2.57. The Morgan fingerprint density at radius 1 is 0.909 bits per heavy atom. The van der Waals surface area contributed by atoms with E-state index in [1.165, 1.54) is 12.1 Å². The molecule has 0 aliphatic rings. The lowest BCUT2D eigenvalue weighted by Gasteiger charge is -2.25. The third-order valence-electron chi connectivity index (χ3n) is 5.02. The number of nitrogens with one attached hydrogen (secondary N) is 3. The number of carboxylic acids is 1. The van der Waals surface area contributed by atoms with Crippen molar-refractivity contribution in [1.29, 1.82) is 0 Å². The Morgan fingerprint density at radius 2 is 1.52 bits per heavy atom. The van der Waals surface area contributed by atoms with Gasteiger partial charge in [-0.05, 0) is 49.4 Å². The van der Waals surface area contributed by atoms with Gasteiger partial charge in [0.05, 0.1) is 6.54 Å². The van der Waals surface area contributed by atoms with Gasteiger partial charge in [0, 0.05) is 6.42 Å². The van der Waals surface area contributed by atoms with Crippen molar-refractivity contribution in [2.75, 3.05) is 13.1 Å². The number of hydrogen-bond donors (Lipinski definition) is 7. The van der Waals surface area contributed by atoms with Crippen LogP contribution in [0.1, 0.15) is 38.7 Å². The number of aliphatic carboxylic acids is 1. The summed E-state index contributed by atoms with van der Waals surface area (Å²) in [4.78, 5) is 49.3. The van der Waals surface area contributed by atoms with E-state index < -0.39 is 41.8 Å². The van der Waals surface area contributed by atoms with Crippen LogP contribution in [-0.2, 0) is 25.6 Å². The van der Waals surface area contributed by atoms with Gasteiger partial charge in [-0.25, -0.2) is 4.79 Å². The van der Waals surface area contributed by atoms with Crippen LogP contribution in [0, 0.1) is 5.92 Å². The summed E-state index contributed by atoms with van der Waals surface area (Å²) in [5.41, 5.74) is 11.5. The fourth-order valence-electron chi connectivity index (χ4n) is 3.13. The second-order valence-electron chi connectivity index (χ2n) is 8.11. The first kappa shape index (κ1) is 27.9. The van der Waals surface area contributed by atoms with Gasteiger partial charge in [0.1, 0.15) is 23.9 Å². The number of nitrogens with two attached hydrogens (primary N) is 2. The molecule has 184 valence electrons. The summed E-state index contributed by atoms with van der Waals surface area (Å²) in [5, 5.41) is 26.5. The summed E-state index contributed by atoms with van der Waals surface area (Å²) < 4.78 is 0. The van der Waals surface area contributed by atoms with Gasteiger partial charge < -0.3 is 37.6 Å². The normalized spacial score (nSPS) is 13.6. The number of carbonyl (C=O) groups excluding carboxylic acids is 3. The zero-order chi connectivity index (χ0) is 25.0. The predicted molar refractivity (Wildman–Crippen MR) is 122 cm³/mol. The van der Waals surface area contributed by atoms with Gasteiger partial charge >= 0.3 is 5.97 Å². The SMILES string of the molecule is CC(C)C(NC(=O)C(Cc1ccc(O)cc1)NC(=O)C(CCCCN)NC(=O)CN)C(=O)O. The van der Waals surface area contributed by atoms with Gasteiger partial charge in [0.15, 0.2) is 0 Å². The van der Waals surface area contributed by atoms with E-state index in [0.29, 0.717) is 31.4 Å². The third-order valence-corrected chi connectivity index (χ3v) is 5.02. The molecule has 3 amide bonds.